The van der Waals surface area contributed by atoms with Gasteiger partial charge in [0.25, 0.3) is 5.69 Å². The number of halogens is 1. The van der Waals surface area contributed by atoms with E-state index in [9.17, 15) is 14.9 Å². The van der Waals surface area contributed by atoms with Gasteiger partial charge in [0.15, 0.2) is 0 Å². The lowest BCUT2D eigenvalue weighted by molar-refractivity contribution is -0.385. The van der Waals surface area contributed by atoms with E-state index >= 15 is 0 Å². The Balaban J connectivity index is 0.00000625. The van der Waals surface area contributed by atoms with Crippen molar-refractivity contribution in [3.8, 4) is 0 Å². The number of hydrogen-bond donors (Lipinski definition) is 0. The maximum Gasteiger partial charge on any atom is 0.338 e. The molecule has 0 heterocycles. The van der Waals surface area contributed by atoms with Gasteiger partial charge in [0.1, 0.15) is 6.61 Å². The summed E-state index contributed by atoms with van der Waals surface area (Å²) < 4.78 is 5.41. The average Bonchev–Trinajstić information content (AvgIpc) is 2.56. The number of carbonyl (C=O) groups excluding carboxylic acids is 1. The molecular formula is C19H30ClN2O4-. The SMILES string of the molecule is CCCCN(CCCC)CCOC(=O)c1c(C)ccc([N+](=O)[O-])c1C.[Cl-]. The average molecular weight is 386 g/mol. The van der Waals surface area contributed by atoms with Gasteiger partial charge >= 0.3 is 5.97 Å². The Morgan fingerprint density at radius 1 is 1.12 bits per heavy atom. The summed E-state index contributed by atoms with van der Waals surface area (Å²) in [5.74, 6) is -0.482. The summed E-state index contributed by atoms with van der Waals surface area (Å²) in [6.45, 7) is 10.7. The van der Waals surface area contributed by atoms with E-state index in [1.165, 1.54) is 6.07 Å². The highest BCUT2D eigenvalue weighted by atomic mass is 35.5. The molecule has 0 saturated heterocycles. The Hall–Kier alpha value is -1.66. The lowest BCUT2D eigenvalue weighted by atomic mass is 10.0. The molecule has 0 atom stereocenters. The zero-order valence-electron chi connectivity index (χ0n) is 16.2. The van der Waals surface area contributed by atoms with Gasteiger partial charge in [-0.3, -0.25) is 15.0 Å². The van der Waals surface area contributed by atoms with Crippen molar-refractivity contribution in [3.05, 3.63) is 38.9 Å². The topological polar surface area (TPSA) is 72.7 Å². The van der Waals surface area contributed by atoms with Crippen LogP contribution >= 0.6 is 0 Å². The van der Waals surface area contributed by atoms with E-state index in [0.717, 1.165) is 38.8 Å². The molecule has 0 spiro atoms. The first-order valence-corrected chi connectivity index (χ1v) is 9.06. The number of ether oxygens (including phenoxy) is 1. The number of nitro groups is 1. The minimum atomic E-state index is -0.482. The van der Waals surface area contributed by atoms with Crippen LogP contribution in [0.4, 0.5) is 5.69 Å². The second-order valence-corrected chi connectivity index (χ2v) is 6.34. The van der Waals surface area contributed by atoms with Gasteiger partial charge in [-0.2, -0.15) is 0 Å². The molecule has 0 N–H and O–H groups in total. The molecule has 0 aliphatic heterocycles. The third kappa shape index (κ3) is 7.30. The minimum absolute atomic E-state index is 0. The molecule has 0 unspecified atom stereocenters. The molecule has 1 aromatic carbocycles. The largest absolute Gasteiger partial charge is 1.00 e. The second kappa shape index (κ2) is 12.7. The zero-order valence-corrected chi connectivity index (χ0v) is 17.0. The number of aryl methyl sites for hydroxylation is 1. The van der Waals surface area contributed by atoms with Gasteiger partial charge in [-0.15, -0.1) is 0 Å². The Labute approximate surface area is 162 Å². The Morgan fingerprint density at radius 3 is 2.19 bits per heavy atom. The fourth-order valence-electron chi connectivity index (χ4n) is 2.79. The molecule has 7 heteroatoms. The Kier molecular flexibility index (Phi) is 11.8. The molecule has 0 bridgehead atoms. The van der Waals surface area contributed by atoms with Crippen molar-refractivity contribution in [3.63, 3.8) is 0 Å². The van der Waals surface area contributed by atoms with Crippen LogP contribution in [-0.4, -0.2) is 42.0 Å². The maximum absolute atomic E-state index is 12.4. The summed E-state index contributed by atoms with van der Waals surface area (Å²) in [5, 5.41) is 11.1. The van der Waals surface area contributed by atoms with Crippen molar-refractivity contribution in [2.45, 2.75) is 53.4 Å². The van der Waals surface area contributed by atoms with Gasteiger partial charge in [0.2, 0.25) is 0 Å². The van der Waals surface area contributed by atoms with Gasteiger partial charge < -0.3 is 17.1 Å². The number of unbranched alkanes of at least 4 members (excludes halogenated alkanes) is 2. The Morgan fingerprint density at radius 2 is 1.69 bits per heavy atom. The molecule has 148 valence electrons. The van der Waals surface area contributed by atoms with Crippen molar-refractivity contribution in [1.82, 2.24) is 4.90 Å². The van der Waals surface area contributed by atoms with E-state index in [4.69, 9.17) is 4.74 Å². The number of benzene rings is 1. The first-order valence-electron chi connectivity index (χ1n) is 9.06. The van der Waals surface area contributed by atoms with Gasteiger partial charge in [0, 0.05) is 18.2 Å². The smallest absolute Gasteiger partial charge is 0.338 e. The molecule has 0 fully saturated rings. The van der Waals surface area contributed by atoms with Crippen molar-refractivity contribution in [2.24, 2.45) is 0 Å². The number of nitrogens with zero attached hydrogens (tertiary/aromatic N) is 2. The van der Waals surface area contributed by atoms with Crippen LogP contribution in [0, 0.1) is 24.0 Å². The molecule has 26 heavy (non-hydrogen) atoms. The van der Waals surface area contributed by atoms with Crippen molar-refractivity contribution in [1.29, 1.82) is 0 Å². The molecule has 0 aliphatic carbocycles. The zero-order chi connectivity index (χ0) is 18.8. The van der Waals surface area contributed by atoms with E-state index in [-0.39, 0.29) is 18.1 Å². The molecule has 1 aromatic rings. The summed E-state index contributed by atoms with van der Waals surface area (Å²) in [4.78, 5) is 25.3. The summed E-state index contributed by atoms with van der Waals surface area (Å²) >= 11 is 0. The fraction of sp³-hybridized carbons (Fsp3) is 0.632. The molecule has 6 nitrogen and oxygen atoms in total. The third-order valence-corrected chi connectivity index (χ3v) is 4.34. The molecule has 1 rings (SSSR count). The van der Waals surface area contributed by atoms with Crippen LogP contribution in [0.2, 0.25) is 0 Å². The van der Waals surface area contributed by atoms with E-state index in [1.807, 2.05) is 0 Å². The highest BCUT2D eigenvalue weighted by Crippen LogP contribution is 2.25. The molecule has 0 radical (unpaired) electrons. The number of nitro benzene ring substituents is 1. The maximum atomic E-state index is 12.4. The van der Waals surface area contributed by atoms with Crippen LogP contribution in [0.3, 0.4) is 0 Å². The number of rotatable bonds is 11. The van der Waals surface area contributed by atoms with Crippen LogP contribution in [0.15, 0.2) is 12.1 Å². The quantitative estimate of drug-likeness (QED) is 0.326. The van der Waals surface area contributed by atoms with Gasteiger partial charge in [-0.1, -0.05) is 32.8 Å². The number of esters is 1. The van der Waals surface area contributed by atoms with Crippen LogP contribution in [0.25, 0.3) is 0 Å². The van der Waals surface area contributed by atoms with Crippen LogP contribution in [0.5, 0.6) is 0 Å². The lowest BCUT2D eigenvalue weighted by Crippen LogP contribution is -3.00. The normalized spacial score (nSPS) is 10.5. The van der Waals surface area contributed by atoms with Crippen LogP contribution in [0.1, 0.15) is 61.0 Å². The summed E-state index contributed by atoms with van der Waals surface area (Å²) in [6.07, 6.45) is 4.52. The second-order valence-electron chi connectivity index (χ2n) is 6.34. The minimum Gasteiger partial charge on any atom is -1.00 e. The highest BCUT2D eigenvalue weighted by Gasteiger charge is 2.21. The third-order valence-electron chi connectivity index (χ3n) is 4.34. The molecule has 0 saturated carbocycles. The van der Waals surface area contributed by atoms with Crippen LogP contribution < -0.4 is 12.4 Å². The standard InChI is InChI=1S/C19H30N2O4.ClH/c1-5-7-11-20(12-8-6-2)13-14-25-19(22)18-15(3)9-10-17(16(18)4)21(23)24;/h9-10H,5-8,11-14H2,1-4H3;1H/p-1. The predicted molar refractivity (Wildman–Crippen MR) is 99.1 cm³/mol. The highest BCUT2D eigenvalue weighted by molar-refractivity contribution is 5.93. The van der Waals surface area contributed by atoms with Crippen molar-refractivity contribution < 1.29 is 26.9 Å². The van der Waals surface area contributed by atoms with E-state index in [2.05, 4.69) is 18.7 Å². The van der Waals surface area contributed by atoms with Gasteiger partial charge in [0.05, 0.1) is 10.5 Å². The first kappa shape index (κ1) is 24.3. The number of carbonyl (C=O) groups is 1. The monoisotopic (exact) mass is 385 g/mol. The summed E-state index contributed by atoms with van der Waals surface area (Å²) in [5.41, 5.74) is 1.32. The lowest BCUT2D eigenvalue weighted by Gasteiger charge is -2.21. The molecular weight excluding hydrogens is 356 g/mol. The summed E-state index contributed by atoms with van der Waals surface area (Å²) in [7, 11) is 0. The van der Waals surface area contributed by atoms with Gasteiger partial charge in [-0.05, 0) is 45.3 Å². The van der Waals surface area contributed by atoms with E-state index in [0.29, 0.717) is 29.8 Å². The van der Waals surface area contributed by atoms with E-state index in [1.54, 1.807) is 19.9 Å². The predicted octanol–water partition coefficient (Wildman–Crippen LogP) is 1.27. The van der Waals surface area contributed by atoms with Crippen LogP contribution in [-0.2, 0) is 4.74 Å². The molecule has 0 amide bonds. The van der Waals surface area contributed by atoms with Gasteiger partial charge in [-0.25, -0.2) is 4.79 Å². The summed E-state index contributed by atoms with van der Waals surface area (Å²) in [6, 6.07) is 3.02. The van der Waals surface area contributed by atoms with Crippen molar-refractivity contribution >= 4 is 11.7 Å². The van der Waals surface area contributed by atoms with E-state index < -0.39 is 10.9 Å². The fourth-order valence-corrected chi connectivity index (χ4v) is 2.79. The Bertz CT molecular complexity index is 585. The van der Waals surface area contributed by atoms with Crippen molar-refractivity contribution in [2.75, 3.05) is 26.2 Å². The first-order chi connectivity index (χ1) is 11.9. The molecule has 0 aromatic heterocycles. The number of hydrogen-bond acceptors (Lipinski definition) is 5. The molecule has 0 aliphatic rings.